The fraction of sp³-hybridized carbons (Fsp3) is 0.222. The van der Waals surface area contributed by atoms with Gasteiger partial charge in [0, 0.05) is 5.56 Å². The zero-order chi connectivity index (χ0) is 10.7. The fourth-order valence-corrected chi connectivity index (χ4v) is 1.21. The molecule has 0 heterocycles. The van der Waals surface area contributed by atoms with Crippen LogP contribution in [0.1, 0.15) is 10.9 Å². The van der Waals surface area contributed by atoms with Gasteiger partial charge in [-0.15, -0.1) is 11.6 Å². The predicted octanol–water partition coefficient (Wildman–Crippen LogP) is 2.20. The zero-order valence-corrected chi connectivity index (χ0v) is 8.08. The van der Waals surface area contributed by atoms with Gasteiger partial charge in [0.2, 0.25) is 0 Å². The predicted molar refractivity (Wildman–Crippen MR) is 49.2 cm³/mol. The molecule has 1 aromatic rings. The first-order valence-electron chi connectivity index (χ1n) is 3.76. The molecule has 0 aromatic heterocycles. The van der Waals surface area contributed by atoms with E-state index in [1.54, 1.807) is 0 Å². The molecule has 0 saturated heterocycles. The highest BCUT2D eigenvalue weighted by molar-refractivity contribution is 6.29. The van der Waals surface area contributed by atoms with Crippen LogP contribution >= 0.6 is 11.6 Å². The van der Waals surface area contributed by atoms with Crippen LogP contribution in [0.4, 0.5) is 4.39 Å². The number of rotatable bonds is 3. The number of hydrogen-bond donors (Lipinski definition) is 1. The number of carboxylic acid groups (broad SMARTS) is 1. The van der Waals surface area contributed by atoms with Gasteiger partial charge in [0.05, 0.1) is 7.11 Å². The van der Waals surface area contributed by atoms with Crippen molar-refractivity contribution in [2.45, 2.75) is 5.38 Å². The van der Waals surface area contributed by atoms with E-state index in [1.807, 2.05) is 0 Å². The Labute approximate surface area is 85.1 Å². The average Bonchev–Trinajstić information content (AvgIpc) is 2.16. The standard InChI is InChI=1S/C9H8ClFO3/c1-14-7-3-2-5(11)4-6(7)8(10)9(12)13/h2-4,8H,1H3,(H,12,13). The van der Waals surface area contributed by atoms with Crippen molar-refractivity contribution >= 4 is 17.6 Å². The Morgan fingerprint density at radius 3 is 2.79 bits per heavy atom. The van der Waals surface area contributed by atoms with Crippen LogP contribution in [0.25, 0.3) is 0 Å². The number of methoxy groups -OCH3 is 1. The van der Waals surface area contributed by atoms with Crippen molar-refractivity contribution in [2.75, 3.05) is 7.11 Å². The van der Waals surface area contributed by atoms with E-state index >= 15 is 0 Å². The van der Waals surface area contributed by atoms with Gasteiger partial charge in [-0.05, 0) is 18.2 Å². The summed E-state index contributed by atoms with van der Waals surface area (Å²) < 4.78 is 17.7. The Morgan fingerprint density at radius 1 is 1.64 bits per heavy atom. The molecule has 3 nitrogen and oxygen atoms in total. The fourth-order valence-electron chi connectivity index (χ4n) is 1.04. The topological polar surface area (TPSA) is 46.5 Å². The summed E-state index contributed by atoms with van der Waals surface area (Å²) in [6.45, 7) is 0. The Kier molecular flexibility index (Phi) is 3.30. The Bertz CT molecular complexity index is 354. The second-order valence-electron chi connectivity index (χ2n) is 2.59. The number of benzene rings is 1. The first-order chi connectivity index (χ1) is 6.56. The van der Waals surface area contributed by atoms with E-state index < -0.39 is 17.2 Å². The summed E-state index contributed by atoms with van der Waals surface area (Å²) >= 11 is 5.55. The molecule has 76 valence electrons. The van der Waals surface area contributed by atoms with Crippen LogP contribution < -0.4 is 4.74 Å². The van der Waals surface area contributed by atoms with Crippen molar-refractivity contribution in [3.63, 3.8) is 0 Å². The summed E-state index contributed by atoms with van der Waals surface area (Å²) in [7, 11) is 1.36. The van der Waals surface area contributed by atoms with Gasteiger partial charge in [0.25, 0.3) is 0 Å². The van der Waals surface area contributed by atoms with Crippen LogP contribution in [0.5, 0.6) is 5.75 Å². The lowest BCUT2D eigenvalue weighted by Crippen LogP contribution is -2.07. The van der Waals surface area contributed by atoms with E-state index in [9.17, 15) is 9.18 Å². The molecule has 14 heavy (non-hydrogen) atoms. The van der Waals surface area contributed by atoms with E-state index in [4.69, 9.17) is 21.4 Å². The zero-order valence-electron chi connectivity index (χ0n) is 7.33. The van der Waals surface area contributed by atoms with Crippen molar-refractivity contribution < 1.29 is 19.0 Å². The number of halogens is 2. The molecule has 0 bridgehead atoms. The van der Waals surface area contributed by atoms with Crippen LogP contribution in [0.15, 0.2) is 18.2 Å². The number of carbonyl (C=O) groups is 1. The third-order valence-electron chi connectivity index (χ3n) is 1.68. The van der Waals surface area contributed by atoms with Gasteiger partial charge in [-0.25, -0.2) is 4.39 Å². The number of carboxylic acids is 1. The number of alkyl halides is 1. The Balaban J connectivity index is 3.16. The van der Waals surface area contributed by atoms with Crippen molar-refractivity contribution in [1.29, 1.82) is 0 Å². The third-order valence-corrected chi connectivity index (χ3v) is 2.10. The molecule has 0 aliphatic heterocycles. The van der Waals surface area contributed by atoms with E-state index in [2.05, 4.69) is 0 Å². The summed E-state index contributed by atoms with van der Waals surface area (Å²) in [5.41, 5.74) is 0.113. The molecule has 1 aromatic carbocycles. The minimum Gasteiger partial charge on any atom is -0.496 e. The smallest absolute Gasteiger partial charge is 0.326 e. The lowest BCUT2D eigenvalue weighted by Gasteiger charge is -2.10. The lowest BCUT2D eigenvalue weighted by molar-refractivity contribution is -0.136. The van der Waals surface area contributed by atoms with E-state index in [-0.39, 0.29) is 11.3 Å². The first-order valence-corrected chi connectivity index (χ1v) is 4.20. The second-order valence-corrected chi connectivity index (χ2v) is 3.02. The molecule has 1 N–H and O–H groups in total. The van der Waals surface area contributed by atoms with Crippen molar-refractivity contribution in [3.8, 4) is 5.75 Å². The van der Waals surface area contributed by atoms with E-state index in [0.717, 1.165) is 6.07 Å². The average molecular weight is 219 g/mol. The molecule has 1 atom stereocenters. The molecule has 0 amide bonds. The lowest BCUT2D eigenvalue weighted by atomic mass is 10.1. The minimum absolute atomic E-state index is 0.113. The van der Waals surface area contributed by atoms with Crippen molar-refractivity contribution in [2.24, 2.45) is 0 Å². The quantitative estimate of drug-likeness (QED) is 0.792. The van der Waals surface area contributed by atoms with Crippen molar-refractivity contribution in [3.05, 3.63) is 29.6 Å². The summed E-state index contributed by atoms with van der Waals surface area (Å²) in [5, 5.41) is 7.33. The van der Waals surface area contributed by atoms with E-state index in [1.165, 1.54) is 19.2 Å². The molecule has 0 aliphatic carbocycles. The van der Waals surface area contributed by atoms with Crippen molar-refractivity contribution in [1.82, 2.24) is 0 Å². The molecule has 0 aliphatic rings. The molecular weight excluding hydrogens is 211 g/mol. The molecule has 1 rings (SSSR count). The van der Waals surface area contributed by atoms with Gasteiger partial charge in [0.15, 0.2) is 5.38 Å². The Morgan fingerprint density at radius 2 is 2.29 bits per heavy atom. The maximum atomic E-state index is 12.8. The molecule has 1 unspecified atom stereocenters. The molecule has 0 spiro atoms. The maximum Gasteiger partial charge on any atom is 0.326 e. The van der Waals surface area contributed by atoms with Gasteiger partial charge in [0.1, 0.15) is 11.6 Å². The second kappa shape index (κ2) is 4.28. The number of hydrogen-bond acceptors (Lipinski definition) is 2. The molecule has 0 saturated carbocycles. The van der Waals surface area contributed by atoms with E-state index in [0.29, 0.717) is 0 Å². The summed E-state index contributed by atoms with van der Waals surface area (Å²) in [6, 6.07) is 3.56. The largest absolute Gasteiger partial charge is 0.496 e. The monoisotopic (exact) mass is 218 g/mol. The van der Waals surface area contributed by atoms with Gasteiger partial charge in [-0.2, -0.15) is 0 Å². The van der Waals surface area contributed by atoms with Crippen LogP contribution in [-0.4, -0.2) is 18.2 Å². The Hall–Kier alpha value is -1.29. The van der Waals surface area contributed by atoms with Gasteiger partial charge in [-0.3, -0.25) is 4.79 Å². The summed E-state index contributed by atoms with van der Waals surface area (Å²) in [5.74, 6) is -1.53. The molecule has 5 heteroatoms. The summed E-state index contributed by atoms with van der Waals surface area (Å²) in [4.78, 5) is 10.6. The van der Waals surface area contributed by atoms with Crippen LogP contribution in [-0.2, 0) is 4.79 Å². The van der Waals surface area contributed by atoms with Crippen LogP contribution in [0.2, 0.25) is 0 Å². The minimum atomic E-state index is -1.30. The van der Waals surface area contributed by atoms with Gasteiger partial charge >= 0.3 is 5.97 Å². The SMILES string of the molecule is COc1ccc(F)cc1C(Cl)C(=O)O. The highest BCUT2D eigenvalue weighted by atomic mass is 35.5. The maximum absolute atomic E-state index is 12.8. The molecule has 0 radical (unpaired) electrons. The number of aliphatic carboxylic acids is 1. The highest BCUT2D eigenvalue weighted by Crippen LogP contribution is 2.30. The first kappa shape index (κ1) is 10.8. The molecular formula is C9H8ClFO3. The number of ether oxygens (including phenoxy) is 1. The van der Waals surface area contributed by atoms with Crippen LogP contribution in [0.3, 0.4) is 0 Å². The van der Waals surface area contributed by atoms with Gasteiger partial charge in [-0.1, -0.05) is 0 Å². The summed E-state index contributed by atoms with van der Waals surface area (Å²) in [6.07, 6.45) is 0. The highest BCUT2D eigenvalue weighted by Gasteiger charge is 2.20. The third kappa shape index (κ3) is 2.14. The normalized spacial score (nSPS) is 12.2. The van der Waals surface area contributed by atoms with Crippen LogP contribution in [0, 0.1) is 5.82 Å². The van der Waals surface area contributed by atoms with Gasteiger partial charge < -0.3 is 9.84 Å². The molecule has 0 fully saturated rings.